The molecule has 0 saturated carbocycles. The monoisotopic (exact) mass is 279 g/mol. The number of nitrogens with zero attached hydrogens (tertiary/aromatic N) is 2. The van der Waals surface area contributed by atoms with Gasteiger partial charge >= 0.3 is 0 Å². The second kappa shape index (κ2) is 5.79. The Kier molecular flexibility index (Phi) is 3.69. The van der Waals surface area contributed by atoms with Crippen LogP contribution in [0.3, 0.4) is 0 Å². The van der Waals surface area contributed by atoms with Gasteiger partial charge in [0, 0.05) is 7.05 Å². The molecule has 3 aromatic rings. The average Bonchev–Trinajstić information content (AvgIpc) is 2.90. The van der Waals surface area contributed by atoms with E-state index in [4.69, 9.17) is 0 Å². The Bertz CT molecular complexity index is 716. The number of H-pyrrole nitrogens is 1. The minimum Gasteiger partial charge on any atom is -0.340 e. The van der Waals surface area contributed by atoms with E-state index in [0.29, 0.717) is 13.0 Å². The summed E-state index contributed by atoms with van der Waals surface area (Å²) in [4.78, 5) is 21.6. The Hall–Kier alpha value is -2.62. The number of carbonyl (C=O) groups is 1. The van der Waals surface area contributed by atoms with E-state index in [2.05, 4.69) is 9.97 Å². The van der Waals surface area contributed by atoms with Crippen LogP contribution in [-0.2, 0) is 17.8 Å². The minimum atomic E-state index is 0.0849. The van der Waals surface area contributed by atoms with Crippen molar-refractivity contribution in [2.45, 2.75) is 13.0 Å². The number of amides is 1. The molecule has 0 bridgehead atoms. The van der Waals surface area contributed by atoms with Gasteiger partial charge in [0.25, 0.3) is 0 Å². The zero-order chi connectivity index (χ0) is 14.7. The first-order valence-corrected chi connectivity index (χ1v) is 6.94. The van der Waals surface area contributed by atoms with Gasteiger partial charge in [-0.2, -0.15) is 0 Å². The highest BCUT2D eigenvalue weighted by molar-refractivity contribution is 5.79. The molecule has 1 heterocycles. The summed E-state index contributed by atoms with van der Waals surface area (Å²) in [5.41, 5.74) is 2.95. The second-order valence-corrected chi connectivity index (χ2v) is 5.11. The summed E-state index contributed by atoms with van der Waals surface area (Å²) in [5.74, 6) is 0.891. The van der Waals surface area contributed by atoms with Crippen LogP contribution in [0.2, 0.25) is 0 Å². The molecule has 0 aliphatic carbocycles. The summed E-state index contributed by atoms with van der Waals surface area (Å²) in [5, 5.41) is 0. The first-order chi connectivity index (χ1) is 10.2. The van der Waals surface area contributed by atoms with Crippen molar-refractivity contribution in [3.8, 4) is 0 Å². The number of benzene rings is 2. The van der Waals surface area contributed by atoms with Gasteiger partial charge in [-0.25, -0.2) is 4.98 Å². The van der Waals surface area contributed by atoms with Crippen molar-refractivity contribution < 1.29 is 4.79 Å². The quantitative estimate of drug-likeness (QED) is 0.798. The molecule has 21 heavy (non-hydrogen) atoms. The third kappa shape index (κ3) is 3.11. The van der Waals surface area contributed by atoms with Gasteiger partial charge in [0.05, 0.1) is 24.0 Å². The van der Waals surface area contributed by atoms with Gasteiger partial charge in [0.2, 0.25) is 5.91 Å². The van der Waals surface area contributed by atoms with E-state index in [0.717, 1.165) is 22.4 Å². The molecule has 0 fully saturated rings. The number of hydrogen-bond acceptors (Lipinski definition) is 2. The number of fused-ring (bicyclic) bond motifs is 1. The second-order valence-electron chi connectivity index (χ2n) is 5.11. The summed E-state index contributed by atoms with van der Waals surface area (Å²) in [7, 11) is 1.80. The van der Waals surface area contributed by atoms with Crippen LogP contribution in [0.1, 0.15) is 11.4 Å². The number of carbonyl (C=O) groups excluding carboxylic acids is 1. The maximum atomic E-state index is 12.2. The highest BCUT2D eigenvalue weighted by atomic mass is 16.2. The van der Waals surface area contributed by atoms with Crippen LogP contribution >= 0.6 is 0 Å². The molecular formula is C17H17N3O. The molecule has 1 aromatic heterocycles. The SMILES string of the molecule is CN(Cc1nc2ccccc2[nH]1)C(=O)Cc1ccccc1. The number of likely N-dealkylation sites (N-methyl/N-ethyl adjacent to an activating group) is 1. The number of imidazole rings is 1. The third-order valence-corrected chi connectivity index (χ3v) is 3.45. The van der Waals surface area contributed by atoms with Gasteiger partial charge in [-0.05, 0) is 17.7 Å². The van der Waals surface area contributed by atoms with E-state index in [9.17, 15) is 4.79 Å². The molecule has 0 aliphatic rings. The van der Waals surface area contributed by atoms with E-state index in [1.54, 1.807) is 11.9 Å². The van der Waals surface area contributed by atoms with Gasteiger partial charge in [0.15, 0.2) is 0 Å². The predicted octanol–water partition coefficient (Wildman–Crippen LogP) is 2.76. The lowest BCUT2D eigenvalue weighted by atomic mass is 10.1. The summed E-state index contributed by atoms with van der Waals surface area (Å²) in [6.45, 7) is 0.486. The minimum absolute atomic E-state index is 0.0849. The summed E-state index contributed by atoms with van der Waals surface area (Å²) < 4.78 is 0. The maximum absolute atomic E-state index is 12.2. The molecule has 0 atom stereocenters. The number of rotatable bonds is 4. The molecule has 1 N–H and O–H groups in total. The van der Waals surface area contributed by atoms with Crippen LogP contribution in [0.4, 0.5) is 0 Å². The van der Waals surface area contributed by atoms with Crippen LogP contribution < -0.4 is 0 Å². The molecule has 4 nitrogen and oxygen atoms in total. The first kappa shape index (κ1) is 13.4. The molecule has 2 aromatic carbocycles. The lowest BCUT2D eigenvalue weighted by Crippen LogP contribution is -2.28. The van der Waals surface area contributed by atoms with Crippen LogP contribution in [0.25, 0.3) is 11.0 Å². The maximum Gasteiger partial charge on any atom is 0.227 e. The average molecular weight is 279 g/mol. The molecule has 4 heteroatoms. The molecule has 0 spiro atoms. The molecule has 0 unspecified atom stereocenters. The van der Waals surface area contributed by atoms with Gasteiger partial charge in [0.1, 0.15) is 5.82 Å². The molecule has 0 aliphatic heterocycles. The molecule has 106 valence electrons. The molecule has 0 radical (unpaired) electrons. The number of para-hydroxylation sites is 2. The normalized spacial score (nSPS) is 10.7. The summed E-state index contributed by atoms with van der Waals surface area (Å²) in [6, 6.07) is 17.6. The molecule has 0 saturated heterocycles. The Labute approximate surface area is 123 Å². The highest BCUT2D eigenvalue weighted by Gasteiger charge is 2.12. The lowest BCUT2D eigenvalue weighted by Gasteiger charge is -2.15. The van der Waals surface area contributed by atoms with E-state index >= 15 is 0 Å². The topological polar surface area (TPSA) is 49.0 Å². The van der Waals surface area contributed by atoms with Gasteiger partial charge in [-0.15, -0.1) is 0 Å². The fourth-order valence-corrected chi connectivity index (χ4v) is 2.30. The fourth-order valence-electron chi connectivity index (χ4n) is 2.30. The van der Waals surface area contributed by atoms with Gasteiger partial charge in [-0.1, -0.05) is 42.5 Å². The van der Waals surface area contributed by atoms with Crippen molar-refractivity contribution in [1.82, 2.24) is 14.9 Å². The van der Waals surface area contributed by atoms with Crippen LogP contribution in [0.5, 0.6) is 0 Å². The van der Waals surface area contributed by atoms with Gasteiger partial charge in [-0.3, -0.25) is 4.79 Å². The highest BCUT2D eigenvalue weighted by Crippen LogP contribution is 2.12. The summed E-state index contributed by atoms with van der Waals surface area (Å²) >= 11 is 0. The predicted molar refractivity (Wildman–Crippen MR) is 82.7 cm³/mol. The first-order valence-electron chi connectivity index (χ1n) is 6.94. The zero-order valence-electron chi connectivity index (χ0n) is 11.9. The van der Waals surface area contributed by atoms with Crippen molar-refractivity contribution >= 4 is 16.9 Å². The Morgan fingerprint density at radius 1 is 1.10 bits per heavy atom. The van der Waals surface area contributed by atoms with E-state index in [1.165, 1.54) is 0 Å². The van der Waals surface area contributed by atoms with Crippen molar-refractivity contribution in [2.24, 2.45) is 0 Å². The Morgan fingerprint density at radius 3 is 2.57 bits per heavy atom. The Balaban J connectivity index is 1.67. The van der Waals surface area contributed by atoms with Crippen LogP contribution in [0, 0.1) is 0 Å². The third-order valence-electron chi connectivity index (χ3n) is 3.45. The Morgan fingerprint density at radius 2 is 1.81 bits per heavy atom. The zero-order valence-corrected chi connectivity index (χ0v) is 11.9. The fraction of sp³-hybridized carbons (Fsp3) is 0.176. The smallest absolute Gasteiger partial charge is 0.227 e. The molecule has 1 amide bonds. The number of hydrogen-bond donors (Lipinski definition) is 1. The number of aromatic amines is 1. The molecular weight excluding hydrogens is 262 g/mol. The van der Waals surface area contributed by atoms with Crippen molar-refractivity contribution in [2.75, 3.05) is 7.05 Å². The van der Waals surface area contributed by atoms with E-state index in [-0.39, 0.29) is 5.91 Å². The molecule has 3 rings (SSSR count). The van der Waals surface area contributed by atoms with E-state index < -0.39 is 0 Å². The van der Waals surface area contributed by atoms with E-state index in [1.807, 2.05) is 54.6 Å². The largest absolute Gasteiger partial charge is 0.340 e. The lowest BCUT2D eigenvalue weighted by molar-refractivity contribution is -0.129. The number of nitrogens with one attached hydrogen (secondary N) is 1. The standard InChI is InChI=1S/C17H17N3O/c1-20(17(21)11-13-7-3-2-4-8-13)12-16-18-14-9-5-6-10-15(14)19-16/h2-10H,11-12H2,1H3,(H,18,19). The number of aromatic nitrogens is 2. The van der Waals surface area contributed by atoms with Crippen molar-refractivity contribution in [1.29, 1.82) is 0 Å². The van der Waals surface area contributed by atoms with Gasteiger partial charge < -0.3 is 9.88 Å². The summed E-state index contributed by atoms with van der Waals surface area (Å²) in [6.07, 6.45) is 0.414. The van der Waals surface area contributed by atoms with Crippen LogP contribution in [0.15, 0.2) is 54.6 Å². The van der Waals surface area contributed by atoms with Crippen molar-refractivity contribution in [3.05, 3.63) is 66.0 Å². The van der Waals surface area contributed by atoms with Crippen LogP contribution in [-0.4, -0.2) is 27.8 Å². The van der Waals surface area contributed by atoms with Crippen molar-refractivity contribution in [3.63, 3.8) is 0 Å².